The van der Waals surface area contributed by atoms with E-state index in [-0.39, 0.29) is 5.91 Å². The van der Waals surface area contributed by atoms with E-state index in [1.807, 2.05) is 25.2 Å². The second-order valence-corrected chi connectivity index (χ2v) is 9.25. The van der Waals surface area contributed by atoms with Gasteiger partial charge in [-0.3, -0.25) is 9.78 Å². The fourth-order valence-corrected chi connectivity index (χ4v) is 5.04. The first-order valence-electron chi connectivity index (χ1n) is 9.65. The monoisotopic (exact) mass is 401 g/mol. The Morgan fingerprint density at radius 1 is 1.14 bits per heavy atom. The van der Waals surface area contributed by atoms with Gasteiger partial charge in [0.1, 0.15) is 0 Å². The number of aromatic nitrogens is 1. The number of nitrogens with zero attached hydrogens (tertiary/aromatic N) is 3. The molecule has 2 aromatic rings. The van der Waals surface area contributed by atoms with E-state index < -0.39 is 10.0 Å². The van der Waals surface area contributed by atoms with Crippen LogP contribution in [-0.4, -0.2) is 48.7 Å². The maximum Gasteiger partial charge on any atom is 0.243 e. The average molecular weight is 402 g/mol. The van der Waals surface area contributed by atoms with Gasteiger partial charge in [-0.05, 0) is 48.9 Å². The Hall–Kier alpha value is -2.25. The van der Waals surface area contributed by atoms with Crippen molar-refractivity contribution in [2.45, 2.75) is 37.1 Å². The molecule has 1 aliphatic rings. The predicted molar refractivity (Wildman–Crippen MR) is 108 cm³/mol. The number of benzene rings is 1. The molecule has 6 nitrogen and oxygen atoms in total. The molecule has 0 unspecified atom stereocenters. The molecular formula is C21H27N3O3S. The molecule has 0 bridgehead atoms. The Morgan fingerprint density at radius 2 is 1.86 bits per heavy atom. The molecule has 150 valence electrons. The van der Waals surface area contributed by atoms with Gasteiger partial charge in [0.2, 0.25) is 15.9 Å². The number of rotatable bonds is 7. The lowest BCUT2D eigenvalue weighted by molar-refractivity contribution is -0.130. The Kier molecular flexibility index (Phi) is 6.80. The Morgan fingerprint density at radius 3 is 2.50 bits per heavy atom. The van der Waals surface area contributed by atoms with Gasteiger partial charge >= 0.3 is 0 Å². The third kappa shape index (κ3) is 5.17. The molecule has 0 spiro atoms. The number of carbonyl (C=O) groups is 1. The fourth-order valence-electron chi connectivity index (χ4n) is 3.55. The maximum absolute atomic E-state index is 12.7. The molecule has 0 radical (unpaired) electrons. The van der Waals surface area contributed by atoms with Crippen molar-refractivity contribution in [3.63, 3.8) is 0 Å². The summed E-state index contributed by atoms with van der Waals surface area (Å²) < 4.78 is 26.9. The van der Waals surface area contributed by atoms with Gasteiger partial charge in [0.15, 0.2) is 0 Å². The topological polar surface area (TPSA) is 70.6 Å². The normalized spacial score (nSPS) is 16.0. The molecule has 7 heteroatoms. The van der Waals surface area contributed by atoms with Crippen molar-refractivity contribution in [2.24, 2.45) is 5.92 Å². The molecule has 0 saturated carbocycles. The molecule has 28 heavy (non-hydrogen) atoms. The summed E-state index contributed by atoms with van der Waals surface area (Å²) in [4.78, 5) is 18.5. The number of hydrogen-bond acceptors (Lipinski definition) is 4. The highest BCUT2D eigenvalue weighted by Crippen LogP contribution is 2.26. The van der Waals surface area contributed by atoms with E-state index in [0.717, 1.165) is 24.8 Å². The lowest BCUT2D eigenvalue weighted by Crippen LogP contribution is -2.38. The van der Waals surface area contributed by atoms with Gasteiger partial charge in [0.25, 0.3) is 0 Å². The molecule has 0 atom stereocenters. The van der Waals surface area contributed by atoms with E-state index >= 15 is 0 Å². The zero-order valence-electron chi connectivity index (χ0n) is 16.2. The number of carbonyl (C=O) groups excluding carboxylic acids is 1. The molecule has 0 aliphatic carbocycles. The van der Waals surface area contributed by atoms with E-state index in [0.29, 0.717) is 36.9 Å². The Labute approximate surface area is 167 Å². The number of amides is 1. The Bertz CT molecular complexity index is 864. The number of sulfonamides is 1. The fraction of sp³-hybridized carbons (Fsp3) is 0.429. The van der Waals surface area contributed by atoms with Crippen LogP contribution >= 0.6 is 0 Å². The molecule has 1 amide bonds. The third-order valence-corrected chi connectivity index (χ3v) is 7.20. The van der Waals surface area contributed by atoms with Crippen molar-refractivity contribution in [1.82, 2.24) is 14.2 Å². The molecule has 1 saturated heterocycles. The zero-order valence-corrected chi connectivity index (χ0v) is 17.0. The van der Waals surface area contributed by atoms with E-state index in [4.69, 9.17) is 0 Å². The van der Waals surface area contributed by atoms with Crippen LogP contribution in [0.1, 0.15) is 31.2 Å². The van der Waals surface area contributed by atoms with Gasteiger partial charge in [-0.15, -0.1) is 0 Å². The summed E-state index contributed by atoms with van der Waals surface area (Å²) in [5.74, 6) is 0.501. The molecule has 1 aromatic heterocycles. The van der Waals surface area contributed by atoms with Gasteiger partial charge in [0, 0.05) is 45.5 Å². The van der Waals surface area contributed by atoms with Crippen molar-refractivity contribution < 1.29 is 13.2 Å². The second-order valence-electron chi connectivity index (χ2n) is 7.31. The molecule has 0 N–H and O–H groups in total. The standard InChI is InChI=1S/C21H27N3O3S/c1-23(17-19-6-5-13-22-16-19)21(25)10-9-18-11-14-24(15-12-18)28(26,27)20-7-3-2-4-8-20/h2-8,13,16,18H,9-12,14-15,17H2,1H3. The summed E-state index contributed by atoms with van der Waals surface area (Å²) in [6, 6.07) is 12.4. The van der Waals surface area contributed by atoms with Gasteiger partial charge in [-0.1, -0.05) is 24.3 Å². The van der Waals surface area contributed by atoms with Crippen LogP contribution in [0, 0.1) is 5.92 Å². The van der Waals surface area contributed by atoms with Gasteiger partial charge in [-0.25, -0.2) is 8.42 Å². The summed E-state index contributed by atoms with van der Waals surface area (Å²) >= 11 is 0. The minimum Gasteiger partial charge on any atom is -0.341 e. The summed E-state index contributed by atoms with van der Waals surface area (Å²) in [7, 11) is -1.60. The smallest absolute Gasteiger partial charge is 0.243 e. The summed E-state index contributed by atoms with van der Waals surface area (Å²) in [6.45, 7) is 1.59. The van der Waals surface area contributed by atoms with E-state index in [1.165, 1.54) is 0 Å². The molecule has 2 heterocycles. The van der Waals surface area contributed by atoms with E-state index in [1.54, 1.807) is 45.9 Å². The number of piperidine rings is 1. The number of hydrogen-bond donors (Lipinski definition) is 0. The first-order chi connectivity index (χ1) is 13.5. The largest absolute Gasteiger partial charge is 0.341 e. The molecule has 1 fully saturated rings. The highest BCUT2D eigenvalue weighted by molar-refractivity contribution is 7.89. The van der Waals surface area contributed by atoms with Gasteiger partial charge in [-0.2, -0.15) is 4.31 Å². The molecule has 3 rings (SSSR count). The van der Waals surface area contributed by atoms with Crippen LogP contribution in [0.25, 0.3) is 0 Å². The third-order valence-electron chi connectivity index (χ3n) is 5.29. The quantitative estimate of drug-likeness (QED) is 0.715. The van der Waals surface area contributed by atoms with Crippen LogP contribution in [0.2, 0.25) is 0 Å². The van der Waals surface area contributed by atoms with Crippen LogP contribution in [0.5, 0.6) is 0 Å². The van der Waals surface area contributed by atoms with Crippen molar-refractivity contribution in [3.05, 3.63) is 60.4 Å². The van der Waals surface area contributed by atoms with Crippen molar-refractivity contribution in [2.75, 3.05) is 20.1 Å². The summed E-state index contributed by atoms with van der Waals surface area (Å²) in [5, 5.41) is 0. The number of pyridine rings is 1. The first kappa shape index (κ1) is 20.5. The Balaban J connectivity index is 1.45. The maximum atomic E-state index is 12.7. The van der Waals surface area contributed by atoms with E-state index in [9.17, 15) is 13.2 Å². The van der Waals surface area contributed by atoms with Crippen LogP contribution in [0.4, 0.5) is 0 Å². The predicted octanol–water partition coefficient (Wildman–Crippen LogP) is 2.92. The molecular weight excluding hydrogens is 374 g/mol. The SMILES string of the molecule is CN(Cc1cccnc1)C(=O)CCC1CCN(S(=O)(=O)c2ccccc2)CC1. The first-order valence-corrected chi connectivity index (χ1v) is 11.1. The van der Waals surface area contributed by atoms with Crippen molar-refractivity contribution in [3.8, 4) is 0 Å². The van der Waals surface area contributed by atoms with Crippen LogP contribution < -0.4 is 0 Å². The average Bonchev–Trinajstić information content (AvgIpc) is 2.73. The second kappa shape index (κ2) is 9.30. The van der Waals surface area contributed by atoms with Crippen LogP contribution in [-0.2, 0) is 21.4 Å². The lowest BCUT2D eigenvalue weighted by Gasteiger charge is -2.31. The van der Waals surface area contributed by atoms with Gasteiger partial charge in [0.05, 0.1) is 4.90 Å². The van der Waals surface area contributed by atoms with Crippen LogP contribution in [0.15, 0.2) is 59.8 Å². The zero-order chi connectivity index (χ0) is 20.0. The lowest BCUT2D eigenvalue weighted by atomic mass is 9.93. The highest BCUT2D eigenvalue weighted by atomic mass is 32.2. The van der Waals surface area contributed by atoms with Crippen molar-refractivity contribution >= 4 is 15.9 Å². The van der Waals surface area contributed by atoms with Crippen LogP contribution in [0.3, 0.4) is 0 Å². The highest BCUT2D eigenvalue weighted by Gasteiger charge is 2.29. The molecule has 1 aromatic carbocycles. The van der Waals surface area contributed by atoms with E-state index in [2.05, 4.69) is 4.98 Å². The van der Waals surface area contributed by atoms with Crippen molar-refractivity contribution in [1.29, 1.82) is 0 Å². The summed E-state index contributed by atoms with van der Waals surface area (Å²) in [6.07, 6.45) is 6.38. The minimum absolute atomic E-state index is 0.114. The van der Waals surface area contributed by atoms with Gasteiger partial charge < -0.3 is 4.90 Å². The minimum atomic E-state index is -3.41. The molecule has 1 aliphatic heterocycles. The summed E-state index contributed by atoms with van der Waals surface area (Å²) in [5.41, 5.74) is 1.01.